The van der Waals surface area contributed by atoms with E-state index in [0.717, 1.165) is 42.6 Å². The van der Waals surface area contributed by atoms with Crippen LogP contribution in [-0.2, 0) is 0 Å². The first kappa shape index (κ1) is 22.4. The Balaban J connectivity index is 1.27. The van der Waals surface area contributed by atoms with E-state index in [1.165, 1.54) is 32.1 Å². The Morgan fingerprint density at radius 2 is 1.91 bits per heavy atom. The zero-order chi connectivity index (χ0) is 22.3. The van der Waals surface area contributed by atoms with Crippen LogP contribution in [0, 0.1) is 5.92 Å². The van der Waals surface area contributed by atoms with E-state index >= 15 is 0 Å². The SMILES string of the molecule is CN(C)CCNC1Nc2cc(NC(=O)c3ccc(OCC4CCCCC4)cc3)ccc2O1. The summed E-state index contributed by atoms with van der Waals surface area (Å²) in [6.07, 6.45) is 6.22. The molecule has 4 rings (SSSR count). The van der Waals surface area contributed by atoms with Crippen LogP contribution < -0.4 is 25.4 Å². The van der Waals surface area contributed by atoms with E-state index in [-0.39, 0.29) is 12.3 Å². The molecular weight excluding hydrogens is 404 g/mol. The maximum atomic E-state index is 12.7. The monoisotopic (exact) mass is 438 g/mol. The minimum absolute atomic E-state index is 0.150. The van der Waals surface area contributed by atoms with Crippen LogP contribution in [0.3, 0.4) is 0 Å². The second-order valence-electron chi connectivity index (χ2n) is 8.90. The molecule has 1 unspecified atom stereocenters. The predicted octanol–water partition coefficient (Wildman–Crippen LogP) is 4.14. The van der Waals surface area contributed by atoms with E-state index in [2.05, 4.69) is 20.9 Å². The molecule has 7 heteroatoms. The van der Waals surface area contributed by atoms with Gasteiger partial charge in [-0.25, -0.2) is 0 Å². The normalized spacial score (nSPS) is 18.0. The van der Waals surface area contributed by atoms with Gasteiger partial charge in [0.05, 0.1) is 12.3 Å². The highest BCUT2D eigenvalue weighted by molar-refractivity contribution is 6.04. The highest BCUT2D eigenvalue weighted by atomic mass is 16.5. The van der Waals surface area contributed by atoms with E-state index < -0.39 is 0 Å². The highest BCUT2D eigenvalue weighted by Gasteiger charge is 2.21. The summed E-state index contributed by atoms with van der Waals surface area (Å²) in [6, 6.07) is 13.0. The number of nitrogens with one attached hydrogen (secondary N) is 3. The number of rotatable bonds is 9. The van der Waals surface area contributed by atoms with E-state index in [0.29, 0.717) is 11.5 Å². The molecule has 0 saturated heterocycles. The number of ether oxygens (including phenoxy) is 2. The lowest BCUT2D eigenvalue weighted by molar-refractivity contribution is 0.102. The summed E-state index contributed by atoms with van der Waals surface area (Å²) in [6.45, 7) is 2.49. The summed E-state index contributed by atoms with van der Waals surface area (Å²) in [4.78, 5) is 14.8. The number of nitrogens with zero attached hydrogens (tertiary/aromatic N) is 1. The van der Waals surface area contributed by atoms with Gasteiger partial charge in [-0.3, -0.25) is 10.1 Å². The van der Waals surface area contributed by atoms with Crippen molar-refractivity contribution in [3.8, 4) is 11.5 Å². The smallest absolute Gasteiger partial charge is 0.255 e. The Labute approximate surface area is 190 Å². The Kier molecular flexibility index (Phi) is 7.50. The second-order valence-corrected chi connectivity index (χ2v) is 8.90. The van der Waals surface area contributed by atoms with Gasteiger partial charge in [-0.1, -0.05) is 19.3 Å². The van der Waals surface area contributed by atoms with E-state index in [9.17, 15) is 4.79 Å². The number of benzene rings is 2. The standard InChI is InChI=1S/C25H34N4O3/c1-29(2)15-14-26-25-28-22-16-20(10-13-23(22)32-25)27-24(30)19-8-11-21(12-9-19)31-17-18-6-4-3-5-7-18/h8-13,16,18,25-26,28H,3-7,14-15,17H2,1-2H3,(H,27,30). The van der Waals surface area contributed by atoms with Crippen LogP contribution in [0.4, 0.5) is 11.4 Å². The maximum absolute atomic E-state index is 12.7. The molecule has 172 valence electrons. The average Bonchev–Trinajstić information content (AvgIpc) is 3.20. The van der Waals surface area contributed by atoms with Gasteiger partial charge < -0.3 is 25.0 Å². The molecular formula is C25H34N4O3. The summed E-state index contributed by atoms with van der Waals surface area (Å²) in [5, 5.41) is 9.56. The number of hydrogen-bond donors (Lipinski definition) is 3. The molecule has 7 nitrogen and oxygen atoms in total. The fraction of sp³-hybridized carbons (Fsp3) is 0.480. The Morgan fingerprint density at radius 1 is 1.12 bits per heavy atom. The van der Waals surface area contributed by atoms with Crippen LogP contribution in [0.5, 0.6) is 11.5 Å². The van der Waals surface area contributed by atoms with Crippen LogP contribution in [0.1, 0.15) is 42.5 Å². The van der Waals surface area contributed by atoms with Crippen LogP contribution in [-0.4, -0.2) is 51.0 Å². The third-order valence-electron chi connectivity index (χ3n) is 5.98. The number of anilines is 2. The third kappa shape index (κ3) is 6.14. The summed E-state index contributed by atoms with van der Waals surface area (Å²) in [5.41, 5.74) is 2.18. The number of amides is 1. The Bertz CT molecular complexity index is 895. The number of fused-ring (bicyclic) bond motifs is 1. The van der Waals surface area contributed by atoms with Crippen molar-refractivity contribution >= 4 is 17.3 Å². The molecule has 0 aromatic heterocycles. The van der Waals surface area contributed by atoms with Crippen molar-refractivity contribution in [1.82, 2.24) is 10.2 Å². The minimum atomic E-state index is -0.267. The van der Waals surface area contributed by atoms with Crippen LogP contribution in [0.2, 0.25) is 0 Å². The maximum Gasteiger partial charge on any atom is 0.255 e. The molecule has 2 aromatic rings. The first-order chi connectivity index (χ1) is 15.6. The first-order valence-corrected chi connectivity index (χ1v) is 11.6. The second kappa shape index (κ2) is 10.7. The zero-order valence-electron chi connectivity index (χ0n) is 19.0. The lowest BCUT2D eigenvalue weighted by Gasteiger charge is -2.21. The van der Waals surface area contributed by atoms with E-state index in [1.54, 1.807) is 0 Å². The Morgan fingerprint density at radius 3 is 2.66 bits per heavy atom. The summed E-state index contributed by atoms with van der Waals surface area (Å²) >= 11 is 0. The molecule has 1 aliphatic carbocycles. The van der Waals surface area contributed by atoms with Gasteiger partial charge in [0, 0.05) is 24.3 Å². The largest absolute Gasteiger partial charge is 0.493 e. The molecule has 2 aliphatic rings. The average molecular weight is 439 g/mol. The molecule has 0 radical (unpaired) electrons. The molecule has 2 aromatic carbocycles. The molecule has 1 saturated carbocycles. The number of likely N-dealkylation sites (N-methyl/N-ethyl adjacent to an activating group) is 1. The van der Waals surface area contributed by atoms with Gasteiger partial charge in [0.25, 0.3) is 5.91 Å². The van der Waals surface area contributed by atoms with E-state index in [4.69, 9.17) is 9.47 Å². The number of carbonyl (C=O) groups excluding carboxylic acids is 1. The quantitative estimate of drug-likeness (QED) is 0.547. The van der Waals surface area contributed by atoms with Crippen molar-refractivity contribution in [2.45, 2.75) is 38.5 Å². The summed E-state index contributed by atoms with van der Waals surface area (Å²) < 4.78 is 11.8. The van der Waals surface area contributed by atoms with Gasteiger partial charge in [-0.2, -0.15) is 0 Å². The van der Waals surface area contributed by atoms with Gasteiger partial charge in [-0.15, -0.1) is 0 Å². The predicted molar refractivity (Wildman–Crippen MR) is 128 cm³/mol. The molecule has 32 heavy (non-hydrogen) atoms. The third-order valence-corrected chi connectivity index (χ3v) is 5.98. The van der Waals surface area contributed by atoms with Crippen molar-refractivity contribution in [2.75, 3.05) is 44.4 Å². The van der Waals surface area contributed by atoms with Gasteiger partial charge in [-0.05, 0) is 75.3 Å². The van der Waals surface area contributed by atoms with Gasteiger partial charge in [0.15, 0.2) is 0 Å². The van der Waals surface area contributed by atoms with Gasteiger partial charge in [0.1, 0.15) is 11.5 Å². The lowest BCUT2D eigenvalue weighted by atomic mass is 9.90. The summed E-state index contributed by atoms with van der Waals surface area (Å²) in [7, 11) is 4.07. The van der Waals surface area contributed by atoms with Crippen molar-refractivity contribution in [1.29, 1.82) is 0 Å². The molecule has 1 amide bonds. The number of hydrogen-bond acceptors (Lipinski definition) is 6. The van der Waals surface area contributed by atoms with Crippen molar-refractivity contribution < 1.29 is 14.3 Å². The topological polar surface area (TPSA) is 74.9 Å². The molecule has 0 spiro atoms. The van der Waals surface area contributed by atoms with Crippen LogP contribution in [0.25, 0.3) is 0 Å². The molecule has 1 fully saturated rings. The lowest BCUT2D eigenvalue weighted by Crippen LogP contribution is -2.41. The van der Waals surface area contributed by atoms with Gasteiger partial charge >= 0.3 is 0 Å². The fourth-order valence-corrected chi connectivity index (χ4v) is 4.11. The van der Waals surface area contributed by atoms with Crippen molar-refractivity contribution in [2.24, 2.45) is 5.92 Å². The molecule has 1 heterocycles. The van der Waals surface area contributed by atoms with Gasteiger partial charge in [0.2, 0.25) is 6.35 Å². The minimum Gasteiger partial charge on any atom is -0.493 e. The van der Waals surface area contributed by atoms with Crippen LogP contribution >= 0.6 is 0 Å². The van der Waals surface area contributed by atoms with Crippen LogP contribution in [0.15, 0.2) is 42.5 Å². The van der Waals surface area contributed by atoms with E-state index in [1.807, 2.05) is 56.6 Å². The highest BCUT2D eigenvalue weighted by Crippen LogP contribution is 2.33. The fourth-order valence-electron chi connectivity index (χ4n) is 4.11. The molecule has 0 bridgehead atoms. The zero-order valence-corrected chi connectivity index (χ0v) is 19.0. The number of carbonyl (C=O) groups is 1. The van der Waals surface area contributed by atoms with Crippen molar-refractivity contribution in [3.05, 3.63) is 48.0 Å². The molecule has 1 atom stereocenters. The first-order valence-electron chi connectivity index (χ1n) is 11.6. The van der Waals surface area contributed by atoms with Crippen molar-refractivity contribution in [3.63, 3.8) is 0 Å². The molecule has 1 aliphatic heterocycles. The Hall–Kier alpha value is -2.77. The summed E-state index contributed by atoms with van der Waals surface area (Å²) in [5.74, 6) is 2.10. The molecule has 3 N–H and O–H groups in total.